The van der Waals surface area contributed by atoms with Crippen molar-refractivity contribution in [3.05, 3.63) is 54.1 Å². The molecule has 1 aliphatic rings. The normalized spacial score (nSPS) is 21.2. The first-order valence-corrected chi connectivity index (χ1v) is 8.47. The van der Waals surface area contributed by atoms with Gasteiger partial charge in [-0.2, -0.15) is 8.78 Å². The largest absolute Gasteiger partial charge is 0.432 e. The zero-order valence-corrected chi connectivity index (χ0v) is 13.9. The molecule has 5 heteroatoms. The highest BCUT2D eigenvalue weighted by atomic mass is 19.3. The molecule has 134 valence electrons. The second kappa shape index (κ2) is 7.06. The van der Waals surface area contributed by atoms with Gasteiger partial charge in [-0.05, 0) is 48.6 Å². The van der Waals surface area contributed by atoms with Crippen molar-refractivity contribution in [2.45, 2.75) is 38.7 Å². The van der Waals surface area contributed by atoms with E-state index in [-0.39, 0.29) is 11.3 Å². The molecule has 3 rings (SSSR count). The number of benzene rings is 2. The molecule has 1 aliphatic carbocycles. The predicted molar refractivity (Wildman–Crippen MR) is 88.5 cm³/mol. The summed E-state index contributed by atoms with van der Waals surface area (Å²) in [6.45, 7) is 2.05. The van der Waals surface area contributed by atoms with E-state index in [1.54, 1.807) is 0 Å². The van der Waals surface area contributed by atoms with Crippen molar-refractivity contribution in [1.82, 2.24) is 0 Å². The van der Waals surface area contributed by atoms with Crippen molar-refractivity contribution in [1.29, 1.82) is 0 Å². The standard InChI is InChI=1S/C20H20F4O/c1-13-2-6-15(7-3-13)20(23,24)25-17-10-11-18(19(22)12-17)14-4-8-16(21)9-5-14/h4-5,8-13,15H,2-3,6-7H2,1H3. The van der Waals surface area contributed by atoms with Crippen LogP contribution in [-0.2, 0) is 0 Å². The van der Waals surface area contributed by atoms with E-state index >= 15 is 0 Å². The quantitative estimate of drug-likeness (QED) is 0.576. The summed E-state index contributed by atoms with van der Waals surface area (Å²) >= 11 is 0. The Kier molecular flexibility index (Phi) is 5.02. The summed E-state index contributed by atoms with van der Waals surface area (Å²) in [5.41, 5.74) is 0.681. The summed E-state index contributed by atoms with van der Waals surface area (Å²) in [7, 11) is 0. The number of halogens is 4. The summed E-state index contributed by atoms with van der Waals surface area (Å²) in [6, 6.07) is 8.96. The van der Waals surface area contributed by atoms with E-state index in [9.17, 15) is 17.6 Å². The Morgan fingerprint density at radius 3 is 2.16 bits per heavy atom. The van der Waals surface area contributed by atoms with E-state index in [1.807, 2.05) is 0 Å². The molecule has 0 aliphatic heterocycles. The molecule has 0 amide bonds. The number of hydrogen-bond donors (Lipinski definition) is 0. The average molecular weight is 352 g/mol. The van der Waals surface area contributed by atoms with E-state index in [0.29, 0.717) is 24.3 Å². The van der Waals surface area contributed by atoms with Gasteiger partial charge in [0, 0.05) is 11.6 Å². The maximum Gasteiger partial charge on any atom is 0.400 e. The van der Waals surface area contributed by atoms with Crippen LogP contribution in [0, 0.1) is 23.5 Å². The molecule has 0 bridgehead atoms. The zero-order chi connectivity index (χ0) is 18.0. The molecule has 0 saturated heterocycles. The van der Waals surface area contributed by atoms with Crippen LogP contribution in [0.2, 0.25) is 0 Å². The lowest BCUT2D eigenvalue weighted by Gasteiger charge is -2.32. The Hall–Kier alpha value is -2.04. The smallest absolute Gasteiger partial charge is 0.400 e. The van der Waals surface area contributed by atoms with Gasteiger partial charge in [-0.15, -0.1) is 0 Å². The summed E-state index contributed by atoms with van der Waals surface area (Å²) in [5.74, 6) is -1.70. The molecular formula is C20H20F4O. The highest BCUT2D eigenvalue weighted by molar-refractivity contribution is 5.64. The average Bonchev–Trinajstić information content (AvgIpc) is 2.56. The Balaban J connectivity index is 1.75. The van der Waals surface area contributed by atoms with Crippen molar-refractivity contribution in [2.24, 2.45) is 11.8 Å². The predicted octanol–water partition coefficient (Wildman–Crippen LogP) is 6.43. The van der Waals surface area contributed by atoms with Gasteiger partial charge in [0.05, 0.1) is 5.92 Å². The van der Waals surface area contributed by atoms with Crippen molar-refractivity contribution < 1.29 is 22.3 Å². The molecule has 0 atom stereocenters. The van der Waals surface area contributed by atoms with Gasteiger partial charge in [0.25, 0.3) is 0 Å². The second-order valence-corrected chi connectivity index (χ2v) is 6.77. The molecule has 1 saturated carbocycles. The number of rotatable bonds is 4. The molecule has 2 aromatic carbocycles. The highest BCUT2D eigenvalue weighted by Crippen LogP contribution is 2.40. The third kappa shape index (κ3) is 4.14. The number of alkyl halides is 2. The van der Waals surface area contributed by atoms with Gasteiger partial charge < -0.3 is 4.74 Å². The molecule has 0 radical (unpaired) electrons. The number of ether oxygens (including phenoxy) is 1. The van der Waals surface area contributed by atoms with Crippen LogP contribution in [0.5, 0.6) is 5.75 Å². The fourth-order valence-corrected chi connectivity index (χ4v) is 3.26. The molecule has 2 aromatic rings. The third-order valence-electron chi connectivity index (χ3n) is 4.84. The van der Waals surface area contributed by atoms with Crippen LogP contribution in [-0.4, -0.2) is 6.11 Å². The molecule has 1 nitrogen and oxygen atoms in total. The van der Waals surface area contributed by atoms with Gasteiger partial charge in [0.15, 0.2) is 0 Å². The van der Waals surface area contributed by atoms with E-state index in [0.717, 1.165) is 18.9 Å². The molecular weight excluding hydrogens is 332 g/mol. The van der Waals surface area contributed by atoms with Gasteiger partial charge in [0.2, 0.25) is 0 Å². The molecule has 0 N–H and O–H groups in total. The third-order valence-corrected chi connectivity index (χ3v) is 4.84. The van der Waals surface area contributed by atoms with Gasteiger partial charge in [-0.3, -0.25) is 0 Å². The number of hydrogen-bond acceptors (Lipinski definition) is 1. The van der Waals surface area contributed by atoms with Crippen LogP contribution in [0.25, 0.3) is 11.1 Å². The first-order valence-electron chi connectivity index (χ1n) is 8.47. The van der Waals surface area contributed by atoms with Gasteiger partial charge in [0.1, 0.15) is 17.4 Å². The van der Waals surface area contributed by atoms with Crippen molar-refractivity contribution in [3.63, 3.8) is 0 Å². The van der Waals surface area contributed by atoms with Crippen molar-refractivity contribution >= 4 is 0 Å². The minimum atomic E-state index is -3.32. The van der Waals surface area contributed by atoms with E-state index < -0.39 is 23.7 Å². The maximum atomic E-state index is 14.3. The van der Waals surface area contributed by atoms with Gasteiger partial charge in [-0.25, -0.2) is 8.78 Å². The zero-order valence-electron chi connectivity index (χ0n) is 13.9. The van der Waals surface area contributed by atoms with E-state index in [4.69, 9.17) is 4.74 Å². The lowest BCUT2D eigenvalue weighted by atomic mass is 9.82. The minimum absolute atomic E-state index is 0.202. The Labute approximate surface area is 144 Å². The first kappa shape index (κ1) is 17.8. The van der Waals surface area contributed by atoms with Crippen LogP contribution in [0.15, 0.2) is 42.5 Å². The molecule has 0 heterocycles. The second-order valence-electron chi connectivity index (χ2n) is 6.77. The SMILES string of the molecule is CC1CCC(C(F)(F)Oc2ccc(-c3ccc(F)cc3)c(F)c2)CC1. The van der Waals surface area contributed by atoms with E-state index in [2.05, 4.69) is 6.92 Å². The van der Waals surface area contributed by atoms with Gasteiger partial charge in [-0.1, -0.05) is 31.9 Å². The van der Waals surface area contributed by atoms with Crippen molar-refractivity contribution in [3.8, 4) is 16.9 Å². The Bertz CT molecular complexity index is 719. The van der Waals surface area contributed by atoms with Crippen molar-refractivity contribution in [2.75, 3.05) is 0 Å². The van der Waals surface area contributed by atoms with Crippen LogP contribution < -0.4 is 4.74 Å². The summed E-state index contributed by atoms with van der Waals surface area (Å²) < 4.78 is 60.7. The fraction of sp³-hybridized carbons (Fsp3) is 0.400. The molecule has 0 spiro atoms. The first-order chi connectivity index (χ1) is 11.8. The minimum Gasteiger partial charge on any atom is -0.432 e. The summed E-state index contributed by atoms with van der Waals surface area (Å²) in [4.78, 5) is 0. The Morgan fingerprint density at radius 2 is 1.56 bits per heavy atom. The molecule has 25 heavy (non-hydrogen) atoms. The van der Waals surface area contributed by atoms with Crippen LogP contribution in [0.4, 0.5) is 17.6 Å². The Morgan fingerprint density at radius 1 is 0.920 bits per heavy atom. The topological polar surface area (TPSA) is 9.23 Å². The van der Waals surface area contributed by atoms with Crippen LogP contribution in [0.1, 0.15) is 32.6 Å². The molecule has 0 aromatic heterocycles. The maximum absolute atomic E-state index is 14.3. The highest BCUT2D eigenvalue weighted by Gasteiger charge is 2.43. The molecule has 1 fully saturated rings. The summed E-state index contributed by atoms with van der Waals surface area (Å²) in [6.07, 6.45) is -0.998. The molecule has 0 unspecified atom stereocenters. The van der Waals surface area contributed by atoms with Crippen LogP contribution >= 0.6 is 0 Å². The fourth-order valence-electron chi connectivity index (χ4n) is 3.26. The van der Waals surface area contributed by atoms with E-state index in [1.165, 1.54) is 36.4 Å². The lowest BCUT2D eigenvalue weighted by Crippen LogP contribution is -2.37. The van der Waals surface area contributed by atoms with Crippen LogP contribution in [0.3, 0.4) is 0 Å². The lowest BCUT2D eigenvalue weighted by molar-refractivity contribution is -0.223. The summed E-state index contributed by atoms with van der Waals surface area (Å²) in [5, 5.41) is 0. The monoisotopic (exact) mass is 352 g/mol. The van der Waals surface area contributed by atoms with Gasteiger partial charge >= 0.3 is 6.11 Å².